The van der Waals surface area contributed by atoms with Crippen LogP contribution in [0.2, 0.25) is 0 Å². The molecule has 0 spiro atoms. The van der Waals surface area contributed by atoms with E-state index < -0.39 is 0 Å². The van der Waals surface area contributed by atoms with Crippen molar-refractivity contribution in [1.82, 2.24) is 15.3 Å². The number of thiophene rings is 1. The topological polar surface area (TPSA) is 58.1 Å². The summed E-state index contributed by atoms with van der Waals surface area (Å²) in [5.74, 6) is 0.673. The van der Waals surface area contributed by atoms with Crippen molar-refractivity contribution in [3.63, 3.8) is 0 Å². The predicted molar refractivity (Wildman–Crippen MR) is 98.0 cm³/mol. The van der Waals surface area contributed by atoms with Gasteiger partial charge in [0, 0.05) is 29.7 Å². The Morgan fingerprint density at radius 1 is 1.33 bits per heavy atom. The highest BCUT2D eigenvalue weighted by Crippen LogP contribution is 2.16. The number of hydrogen-bond donors (Lipinski definition) is 1. The summed E-state index contributed by atoms with van der Waals surface area (Å²) in [6, 6.07) is 5.87. The molecule has 5 nitrogen and oxygen atoms in total. The molecule has 2 aromatic rings. The Hall–Kier alpha value is -2.21. The van der Waals surface area contributed by atoms with Crippen molar-refractivity contribution in [1.29, 1.82) is 0 Å². The van der Waals surface area contributed by atoms with E-state index in [4.69, 9.17) is 0 Å². The van der Waals surface area contributed by atoms with Crippen LogP contribution in [0.15, 0.2) is 29.7 Å². The standard InChI is InChI=1S/C18H22N4OS/c1-14-12-15(21-18(20-14)22-9-3-2-4-10-22)13-19-17(23)8-7-16-6-5-11-24-16/h5-8,11-12H,2-4,9-10,13H2,1H3,(H,19,23)/b8-7+. The Morgan fingerprint density at radius 2 is 2.17 bits per heavy atom. The number of aromatic nitrogens is 2. The molecule has 1 N–H and O–H groups in total. The molecule has 0 unspecified atom stereocenters. The normalized spacial score (nSPS) is 15.0. The molecule has 0 atom stereocenters. The smallest absolute Gasteiger partial charge is 0.244 e. The van der Waals surface area contributed by atoms with E-state index in [1.165, 1.54) is 19.3 Å². The van der Waals surface area contributed by atoms with Crippen molar-refractivity contribution in [2.45, 2.75) is 32.7 Å². The largest absolute Gasteiger partial charge is 0.347 e. The maximum absolute atomic E-state index is 11.9. The average Bonchev–Trinajstić information content (AvgIpc) is 3.12. The Labute approximate surface area is 146 Å². The van der Waals surface area contributed by atoms with Crippen LogP contribution in [0.4, 0.5) is 5.95 Å². The van der Waals surface area contributed by atoms with Gasteiger partial charge >= 0.3 is 0 Å². The highest BCUT2D eigenvalue weighted by molar-refractivity contribution is 7.10. The summed E-state index contributed by atoms with van der Waals surface area (Å²) in [5, 5.41) is 4.88. The second kappa shape index (κ2) is 8.06. The van der Waals surface area contributed by atoms with E-state index in [0.29, 0.717) is 6.54 Å². The van der Waals surface area contributed by atoms with Crippen molar-refractivity contribution < 1.29 is 4.79 Å². The molecule has 6 heteroatoms. The minimum Gasteiger partial charge on any atom is -0.347 e. The second-order valence-corrected chi connectivity index (χ2v) is 6.89. The number of nitrogens with one attached hydrogen (secondary N) is 1. The third-order valence-electron chi connectivity index (χ3n) is 3.92. The average molecular weight is 342 g/mol. The SMILES string of the molecule is Cc1cc(CNC(=O)/C=C/c2cccs2)nc(N2CCCCC2)n1. The van der Waals surface area contributed by atoms with Crippen LogP contribution in [-0.2, 0) is 11.3 Å². The lowest BCUT2D eigenvalue weighted by Crippen LogP contribution is -2.31. The summed E-state index contributed by atoms with van der Waals surface area (Å²) < 4.78 is 0. The minimum absolute atomic E-state index is 0.112. The van der Waals surface area contributed by atoms with E-state index in [1.807, 2.05) is 36.6 Å². The van der Waals surface area contributed by atoms with Gasteiger partial charge in [0.1, 0.15) is 0 Å². The van der Waals surface area contributed by atoms with Crippen LogP contribution in [0.1, 0.15) is 35.5 Å². The van der Waals surface area contributed by atoms with Crippen LogP contribution in [0.25, 0.3) is 6.08 Å². The van der Waals surface area contributed by atoms with E-state index in [9.17, 15) is 4.79 Å². The number of anilines is 1. The molecule has 24 heavy (non-hydrogen) atoms. The van der Waals surface area contributed by atoms with Crippen LogP contribution in [0.5, 0.6) is 0 Å². The maximum Gasteiger partial charge on any atom is 0.244 e. The first kappa shape index (κ1) is 16.6. The van der Waals surface area contributed by atoms with Crippen LogP contribution >= 0.6 is 11.3 Å². The van der Waals surface area contributed by atoms with Gasteiger partial charge in [-0.3, -0.25) is 4.79 Å². The first-order valence-corrected chi connectivity index (χ1v) is 9.17. The molecule has 0 aliphatic carbocycles. The van der Waals surface area contributed by atoms with Gasteiger partial charge in [0.05, 0.1) is 12.2 Å². The van der Waals surface area contributed by atoms with E-state index in [1.54, 1.807) is 17.4 Å². The molecule has 1 amide bonds. The van der Waals surface area contributed by atoms with Gasteiger partial charge in [-0.25, -0.2) is 9.97 Å². The molecule has 1 aliphatic heterocycles. The highest BCUT2D eigenvalue weighted by atomic mass is 32.1. The number of carbonyl (C=O) groups excluding carboxylic acids is 1. The zero-order valence-corrected chi connectivity index (χ0v) is 14.7. The van der Waals surface area contributed by atoms with Gasteiger partial charge in [-0.1, -0.05) is 6.07 Å². The molecule has 0 radical (unpaired) electrons. The van der Waals surface area contributed by atoms with Gasteiger partial charge in [-0.2, -0.15) is 0 Å². The van der Waals surface area contributed by atoms with Crippen molar-refractivity contribution in [3.05, 3.63) is 45.9 Å². The second-order valence-electron chi connectivity index (χ2n) is 5.91. The lowest BCUT2D eigenvalue weighted by molar-refractivity contribution is -0.116. The van der Waals surface area contributed by atoms with Gasteiger partial charge in [-0.15, -0.1) is 11.3 Å². The Balaban J connectivity index is 1.60. The summed E-state index contributed by atoms with van der Waals surface area (Å²) >= 11 is 1.61. The number of hydrogen-bond acceptors (Lipinski definition) is 5. The van der Waals surface area contributed by atoms with Crippen molar-refractivity contribution in [2.24, 2.45) is 0 Å². The molecule has 3 rings (SSSR count). The number of aryl methyl sites for hydroxylation is 1. The first-order valence-electron chi connectivity index (χ1n) is 8.29. The van der Waals surface area contributed by atoms with Gasteiger partial charge < -0.3 is 10.2 Å². The van der Waals surface area contributed by atoms with Crippen LogP contribution in [0, 0.1) is 6.92 Å². The number of piperidine rings is 1. The van der Waals surface area contributed by atoms with Gasteiger partial charge in [0.25, 0.3) is 0 Å². The van der Waals surface area contributed by atoms with Crippen LogP contribution < -0.4 is 10.2 Å². The van der Waals surface area contributed by atoms with E-state index >= 15 is 0 Å². The van der Waals surface area contributed by atoms with Crippen molar-refractivity contribution in [3.8, 4) is 0 Å². The fourth-order valence-electron chi connectivity index (χ4n) is 2.72. The summed E-state index contributed by atoms with van der Waals surface area (Å²) in [4.78, 5) is 24.4. The minimum atomic E-state index is -0.112. The molecule has 126 valence electrons. The first-order chi connectivity index (χ1) is 11.7. The van der Waals surface area contributed by atoms with Crippen LogP contribution in [-0.4, -0.2) is 29.0 Å². The molecule has 3 heterocycles. The van der Waals surface area contributed by atoms with Crippen LogP contribution in [0.3, 0.4) is 0 Å². The van der Waals surface area contributed by atoms with E-state index in [2.05, 4.69) is 20.2 Å². The molecule has 1 saturated heterocycles. The van der Waals surface area contributed by atoms with E-state index in [0.717, 1.165) is 35.3 Å². The molecule has 0 bridgehead atoms. The third-order valence-corrected chi connectivity index (χ3v) is 4.76. The Bertz CT molecular complexity index is 706. The fourth-order valence-corrected chi connectivity index (χ4v) is 3.34. The Morgan fingerprint density at radius 3 is 2.92 bits per heavy atom. The predicted octanol–water partition coefficient (Wildman–Crippen LogP) is 3.17. The monoisotopic (exact) mass is 342 g/mol. The van der Waals surface area contributed by atoms with Crippen molar-refractivity contribution >= 4 is 29.3 Å². The fraction of sp³-hybridized carbons (Fsp3) is 0.389. The number of amides is 1. The third kappa shape index (κ3) is 4.64. The molecular formula is C18H22N4OS. The molecular weight excluding hydrogens is 320 g/mol. The number of carbonyl (C=O) groups is 1. The Kier molecular flexibility index (Phi) is 5.59. The summed E-state index contributed by atoms with van der Waals surface area (Å²) in [5.41, 5.74) is 1.78. The lowest BCUT2D eigenvalue weighted by Gasteiger charge is -2.27. The summed E-state index contributed by atoms with van der Waals surface area (Å²) in [6.07, 6.45) is 7.05. The van der Waals surface area contributed by atoms with Gasteiger partial charge in [0.2, 0.25) is 11.9 Å². The lowest BCUT2D eigenvalue weighted by atomic mass is 10.1. The molecule has 1 aliphatic rings. The van der Waals surface area contributed by atoms with Crippen molar-refractivity contribution in [2.75, 3.05) is 18.0 Å². The quantitative estimate of drug-likeness (QED) is 0.848. The summed E-state index contributed by atoms with van der Waals surface area (Å²) in [7, 11) is 0. The van der Waals surface area contributed by atoms with Gasteiger partial charge in [-0.05, 0) is 49.8 Å². The zero-order chi connectivity index (χ0) is 16.8. The van der Waals surface area contributed by atoms with E-state index in [-0.39, 0.29) is 5.91 Å². The number of rotatable bonds is 5. The summed E-state index contributed by atoms with van der Waals surface area (Å²) in [6.45, 7) is 4.41. The molecule has 0 saturated carbocycles. The molecule has 2 aromatic heterocycles. The van der Waals surface area contributed by atoms with Gasteiger partial charge in [0.15, 0.2) is 0 Å². The molecule has 1 fully saturated rings. The molecule has 0 aromatic carbocycles. The number of nitrogens with zero attached hydrogens (tertiary/aromatic N) is 3. The highest BCUT2D eigenvalue weighted by Gasteiger charge is 2.14. The zero-order valence-electron chi connectivity index (χ0n) is 13.9. The maximum atomic E-state index is 11.9.